The van der Waals surface area contributed by atoms with E-state index >= 15 is 0 Å². The second-order valence-electron chi connectivity index (χ2n) is 2.89. The van der Waals surface area contributed by atoms with Gasteiger partial charge in [0.05, 0.1) is 0 Å². The molecule has 0 aliphatic carbocycles. The predicted octanol–water partition coefficient (Wildman–Crippen LogP) is 3.83. The van der Waals surface area contributed by atoms with Gasteiger partial charge in [-0.15, -0.1) is 11.6 Å². The first kappa shape index (κ1) is 8.92. The molecule has 1 aliphatic heterocycles. The first-order chi connectivity index (χ1) is 6.40. The monoisotopic (exact) mass is 210 g/mol. The number of alkyl halides is 1. The van der Waals surface area contributed by atoms with Gasteiger partial charge < -0.3 is 0 Å². The zero-order valence-corrected chi connectivity index (χ0v) is 8.80. The second-order valence-corrected chi connectivity index (χ2v) is 5.08. The topological polar surface area (TPSA) is 0 Å². The first-order valence-electron chi connectivity index (χ1n) is 4.18. The minimum atomic E-state index is -0.162. The number of benzene rings is 1. The average molecular weight is 211 g/mol. The van der Waals surface area contributed by atoms with Crippen LogP contribution in [0, 0.1) is 0 Å². The van der Waals surface area contributed by atoms with E-state index in [2.05, 4.69) is 47.2 Å². The second kappa shape index (κ2) is 4.03. The Bertz CT molecular complexity index is 326. The molecule has 0 N–H and O–H groups in total. The Hall–Kier alpha value is -0.660. The Morgan fingerprint density at radius 3 is 2.15 bits per heavy atom. The van der Waals surface area contributed by atoms with E-state index in [0.717, 1.165) is 0 Å². The largest absolute Gasteiger partial charge is 0.186 e. The summed E-state index contributed by atoms with van der Waals surface area (Å²) in [6, 6.07) is 8.54. The molecular formula is C11H11ClS. The predicted molar refractivity (Wildman–Crippen MR) is 61.5 cm³/mol. The Balaban J connectivity index is 2.22. The standard InChI is InChI=1S/C11H11ClS/c12-9-10-3-5-11(6-4-10)13-7-1-2-8-13/h1-8,13H,9H2. The SMILES string of the molecule is ClCc1ccc([SH]2C=CC=C2)cc1. The van der Waals surface area contributed by atoms with Gasteiger partial charge in [0.1, 0.15) is 0 Å². The highest BCUT2D eigenvalue weighted by molar-refractivity contribution is 8.22. The van der Waals surface area contributed by atoms with E-state index in [0.29, 0.717) is 5.88 Å². The van der Waals surface area contributed by atoms with Crippen molar-refractivity contribution in [3.8, 4) is 0 Å². The van der Waals surface area contributed by atoms with Gasteiger partial charge in [-0.2, -0.15) is 10.9 Å². The highest BCUT2D eigenvalue weighted by atomic mass is 35.5. The van der Waals surface area contributed by atoms with Gasteiger partial charge in [0.15, 0.2) is 0 Å². The molecule has 13 heavy (non-hydrogen) atoms. The van der Waals surface area contributed by atoms with Crippen molar-refractivity contribution < 1.29 is 0 Å². The van der Waals surface area contributed by atoms with E-state index in [-0.39, 0.29) is 10.9 Å². The summed E-state index contributed by atoms with van der Waals surface area (Å²) < 4.78 is 0. The van der Waals surface area contributed by atoms with E-state index < -0.39 is 0 Å². The minimum Gasteiger partial charge on any atom is -0.186 e. The summed E-state index contributed by atoms with van der Waals surface area (Å²) in [6.45, 7) is 0. The van der Waals surface area contributed by atoms with Crippen LogP contribution in [0.15, 0.2) is 52.1 Å². The van der Waals surface area contributed by atoms with Gasteiger partial charge >= 0.3 is 0 Å². The lowest BCUT2D eigenvalue weighted by Gasteiger charge is -2.10. The Kier molecular flexibility index (Phi) is 2.77. The van der Waals surface area contributed by atoms with E-state index in [1.54, 1.807) is 0 Å². The van der Waals surface area contributed by atoms with Crippen molar-refractivity contribution in [1.82, 2.24) is 0 Å². The molecule has 0 atom stereocenters. The van der Waals surface area contributed by atoms with Crippen LogP contribution in [0.4, 0.5) is 0 Å². The quantitative estimate of drug-likeness (QED) is 0.557. The molecule has 1 heterocycles. The van der Waals surface area contributed by atoms with Crippen molar-refractivity contribution in [2.24, 2.45) is 0 Å². The summed E-state index contributed by atoms with van der Waals surface area (Å²) in [4.78, 5) is 1.40. The summed E-state index contributed by atoms with van der Waals surface area (Å²) >= 11 is 5.72. The molecule has 1 aliphatic rings. The Labute approximate surface area is 86.3 Å². The van der Waals surface area contributed by atoms with Crippen LogP contribution in [-0.4, -0.2) is 0 Å². The molecule has 2 rings (SSSR count). The molecule has 0 fully saturated rings. The summed E-state index contributed by atoms with van der Waals surface area (Å²) in [5, 5.41) is 4.51. The van der Waals surface area contributed by atoms with Crippen molar-refractivity contribution in [3.63, 3.8) is 0 Å². The Morgan fingerprint density at radius 2 is 1.62 bits per heavy atom. The molecule has 0 amide bonds. The lowest BCUT2D eigenvalue weighted by atomic mass is 10.2. The minimum absolute atomic E-state index is 0.162. The fraction of sp³-hybridized carbons (Fsp3) is 0.0909. The van der Waals surface area contributed by atoms with Crippen LogP contribution in [0.5, 0.6) is 0 Å². The third-order valence-corrected chi connectivity index (χ3v) is 4.18. The number of allylic oxidation sites excluding steroid dienone is 2. The lowest BCUT2D eigenvalue weighted by molar-refractivity contribution is 1.34. The van der Waals surface area contributed by atoms with Crippen molar-refractivity contribution >= 4 is 22.5 Å². The summed E-state index contributed by atoms with van der Waals surface area (Å²) in [6.07, 6.45) is 4.22. The van der Waals surface area contributed by atoms with Gasteiger partial charge in [0, 0.05) is 5.88 Å². The van der Waals surface area contributed by atoms with Gasteiger partial charge in [-0.05, 0) is 33.4 Å². The van der Waals surface area contributed by atoms with E-state index in [1.807, 2.05) is 0 Å². The molecule has 1 aromatic carbocycles. The van der Waals surface area contributed by atoms with E-state index in [1.165, 1.54) is 10.5 Å². The molecule has 0 saturated carbocycles. The van der Waals surface area contributed by atoms with Gasteiger partial charge in [-0.1, -0.05) is 24.3 Å². The zero-order chi connectivity index (χ0) is 9.10. The fourth-order valence-electron chi connectivity index (χ4n) is 1.26. The zero-order valence-electron chi connectivity index (χ0n) is 7.15. The van der Waals surface area contributed by atoms with Crippen molar-refractivity contribution in [3.05, 3.63) is 52.8 Å². The van der Waals surface area contributed by atoms with Crippen LogP contribution in [0.1, 0.15) is 5.56 Å². The third kappa shape index (κ3) is 1.98. The number of rotatable bonds is 2. The molecule has 0 saturated heterocycles. The number of hydrogen-bond donors (Lipinski definition) is 1. The molecule has 0 aromatic heterocycles. The smallest absolute Gasteiger partial charge is 0.0474 e. The van der Waals surface area contributed by atoms with Gasteiger partial charge in [-0.3, -0.25) is 0 Å². The average Bonchev–Trinajstić information content (AvgIpc) is 2.71. The van der Waals surface area contributed by atoms with E-state index in [9.17, 15) is 0 Å². The molecule has 0 spiro atoms. The molecule has 68 valence electrons. The fourth-order valence-corrected chi connectivity index (χ4v) is 2.95. The number of thiol groups is 1. The van der Waals surface area contributed by atoms with Crippen LogP contribution in [0.25, 0.3) is 0 Å². The van der Waals surface area contributed by atoms with E-state index in [4.69, 9.17) is 11.6 Å². The molecule has 0 nitrogen and oxygen atoms in total. The molecule has 0 bridgehead atoms. The molecule has 0 radical (unpaired) electrons. The Morgan fingerprint density at radius 1 is 1.00 bits per heavy atom. The summed E-state index contributed by atoms with van der Waals surface area (Å²) in [7, 11) is -0.162. The maximum Gasteiger partial charge on any atom is 0.0474 e. The molecule has 0 unspecified atom stereocenters. The maximum absolute atomic E-state index is 5.72. The summed E-state index contributed by atoms with van der Waals surface area (Å²) in [5.74, 6) is 0.601. The number of hydrogen-bond acceptors (Lipinski definition) is 0. The normalized spacial score (nSPS) is 16.8. The van der Waals surface area contributed by atoms with Crippen molar-refractivity contribution in [2.45, 2.75) is 10.8 Å². The van der Waals surface area contributed by atoms with Crippen LogP contribution in [-0.2, 0) is 5.88 Å². The van der Waals surface area contributed by atoms with Crippen molar-refractivity contribution in [1.29, 1.82) is 0 Å². The van der Waals surface area contributed by atoms with Gasteiger partial charge in [0.2, 0.25) is 0 Å². The van der Waals surface area contributed by atoms with Crippen LogP contribution >= 0.6 is 22.5 Å². The molecule has 2 heteroatoms. The van der Waals surface area contributed by atoms with Crippen LogP contribution < -0.4 is 0 Å². The lowest BCUT2D eigenvalue weighted by Crippen LogP contribution is -1.78. The molecular weight excluding hydrogens is 200 g/mol. The third-order valence-electron chi connectivity index (χ3n) is 1.99. The van der Waals surface area contributed by atoms with Gasteiger partial charge in [-0.25, -0.2) is 0 Å². The summed E-state index contributed by atoms with van der Waals surface area (Å²) in [5.41, 5.74) is 1.19. The highest BCUT2D eigenvalue weighted by Gasteiger charge is 2.01. The van der Waals surface area contributed by atoms with Crippen molar-refractivity contribution in [2.75, 3.05) is 0 Å². The maximum atomic E-state index is 5.72. The number of halogens is 1. The highest BCUT2D eigenvalue weighted by Crippen LogP contribution is 2.41. The molecule has 1 aromatic rings. The van der Waals surface area contributed by atoms with Gasteiger partial charge in [0.25, 0.3) is 0 Å². The van der Waals surface area contributed by atoms with Crippen LogP contribution in [0.2, 0.25) is 0 Å². The van der Waals surface area contributed by atoms with Crippen LogP contribution in [0.3, 0.4) is 0 Å². The first-order valence-corrected chi connectivity index (χ1v) is 6.20.